The highest BCUT2D eigenvalue weighted by atomic mass is 35.5. The molecule has 8 nitrogen and oxygen atoms in total. The van der Waals surface area contributed by atoms with Gasteiger partial charge in [0.05, 0.1) is 22.9 Å². The van der Waals surface area contributed by atoms with Crippen LogP contribution in [0, 0.1) is 5.41 Å². The molecule has 1 atom stereocenters. The van der Waals surface area contributed by atoms with Crippen LogP contribution in [0.3, 0.4) is 0 Å². The van der Waals surface area contributed by atoms with Crippen LogP contribution in [-0.2, 0) is 11.8 Å². The smallest absolute Gasteiger partial charge is 0.219 e. The van der Waals surface area contributed by atoms with E-state index in [0.717, 1.165) is 65.5 Å². The molecule has 0 bridgehead atoms. The summed E-state index contributed by atoms with van der Waals surface area (Å²) in [6.45, 7) is 4.90. The Kier molecular flexibility index (Phi) is 5.96. The molecule has 0 saturated carbocycles. The quantitative estimate of drug-likeness (QED) is 0.608. The van der Waals surface area contributed by atoms with E-state index < -0.39 is 0 Å². The molecule has 2 fully saturated rings. The van der Waals surface area contributed by atoms with Crippen LogP contribution in [0.2, 0.25) is 5.02 Å². The van der Waals surface area contributed by atoms with E-state index >= 15 is 0 Å². The highest BCUT2D eigenvalue weighted by molar-refractivity contribution is 7.99. The van der Waals surface area contributed by atoms with Crippen LogP contribution in [-0.4, -0.2) is 62.8 Å². The van der Waals surface area contributed by atoms with Crippen molar-refractivity contribution >= 4 is 46.0 Å². The van der Waals surface area contributed by atoms with Gasteiger partial charge in [0.2, 0.25) is 5.91 Å². The summed E-state index contributed by atoms with van der Waals surface area (Å²) in [4.78, 5) is 26.1. The number of carbonyl (C=O) groups is 1. The molecular weight excluding hydrogens is 458 g/mol. The van der Waals surface area contributed by atoms with E-state index in [1.54, 1.807) is 11.6 Å². The number of likely N-dealkylation sites (tertiary alicyclic amines) is 1. The summed E-state index contributed by atoms with van der Waals surface area (Å²) in [5.41, 5.74) is 7.53. The molecule has 1 aromatic carbocycles. The summed E-state index contributed by atoms with van der Waals surface area (Å²) < 4.78 is 1.77. The first-order valence-corrected chi connectivity index (χ1v) is 12.4. The number of halogens is 1. The van der Waals surface area contributed by atoms with Crippen LogP contribution >= 0.6 is 23.4 Å². The van der Waals surface area contributed by atoms with Crippen LogP contribution in [0.1, 0.15) is 26.2 Å². The van der Waals surface area contributed by atoms with Crippen molar-refractivity contribution in [2.24, 2.45) is 18.2 Å². The number of hydrogen-bond acceptors (Lipinski definition) is 7. The zero-order valence-electron chi connectivity index (χ0n) is 18.9. The van der Waals surface area contributed by atoms with E-state index in [9.17, 15) is 4.79 Å². The number of nitrogens with two attached hydrogens (primary N) is 1. The number of aryl methyl sites for hydroxylation is 1. The normalized spacial score (nSPS) is 20.5. The molecule has 2 saturated heterocycles. The molecule has 10 heteroatoms. The summed E-state index contributed by atoms with van der Waals surface area (Å²) >= 11 is 8.11. The van der Waals surface area contributed by atoms with Gasteiger partial charge in [-0.15, -0.1) is 0 Å². The van der Waals surface area contributed by atoms with E-state index in [1.807, 2.05) is 42.7 Å². The minimum Gasteiger partial charge on any atom is -0.355 e. The number of anilines is 1. The predicted molar refractivity (Wildman–Crippen MR) is 131 cm³/mol. The van der Waals surface area contributed by atoms with Crippen LogP contribution in [0.25, 0.3) is 10.9 Å². The minimum absolute atomic E-state index is 0.0315. The fraction of sp³-hybridized carbons (Fsp3) is 0.478. The van der Waals surface area contributed by atoms with Crippen LogP contribution in [0.15, 0.2) is 40.6 Å². The highest BCUT2D eigenvalue weighted by Gasteiger charge is 2.43. The lowest BCUT2D eigenvalue weighted by molar-refractivity contribution is -0.132. The second-order valence-electron chi connectivity index (χ2n) is 9.10. The number of amides is 1. The van der Waals surface area contributed by atoms with Gasteiger partial charge in [0.15, 0.2) is 0 Å². The molecule has 5 rings (SSSR count). The van der Waals surface area contributed by atoms with Gasteiger partial charge < -0.3 is 15.5 Å². The Morgan fingerprint density at radius 2 is 1.94 bits per heavy atom. The molecule has 2 aliphatic rings. The second-order valence-corrected chi connectivity index (χ2v) is 10.5. The Hall–Kier alpha value is -2.36. The number of aromatic nitrogens is 4. The van der Waals surface area contributed by atoms with Gasteiger partial charge in [-0.2, -0.15) is 5.10 Å². The molecule has 174 valence electrons. The summed E-state index contributed by atoms with van der Waals surface area (Å²) in [5, 5.41) is 6.82. The van der Waals surface area contributed by atoms with Crippen molar-refractivity contribution in [1.29, 1.82) is 0 Å². The number of rotatable bonds is 3. The lowest BCUT2D eigenvalue weighted by atomic mass is 9.68. The van der Waals surface area contributed by atoms with Gasteiger partial charge in [-0.05, 0) is 36.8 Å². The molecule has 0 aliphatic carbocycles. The number of fused-ring (bicyclic) bond motifs is 1. The van der Waals surface area contributed by atoms with Gasteiger partial charge in [-0.25, -0.2) is 9.97 Å². The molecule has 1 amide bonds. The van der Waals surface area contributed by atoms with Crippen molar-refractivity contribution in [3.05, 3.63) is 35.7 Å². The third kappa shape index (κ3) is 4.29. The first-order valence-electron chi connectivity index (χ1n) is 11.2. The Labute approximate surface area is 202 Å². The molecule has 2 N–H and O–H groups in total. The largest absolute Gasteiger partial charge is 0.355 e. The molecule has 4 heterocycles. The van der Waals surface area contributed by atoms with Crippen molar-refractivity contribution in [3.8, 4) is 0 Å². The molecule has 1 spiro atoms. The van der Waals surface area contributed by atoms with Crippen molar-refractivity contribution in [1.82, 2.24) is 24.6 Å². The predicted octanol–water partition coefficient (Wildman–Crippen LogP) is 3.33. The van der Waals surface area contributed by atoms with Crippen LogP contribution in [0.4, 0.5) is 5.82 Å². The van der Waals surface area contributed by atoms with Gasteiger partial charge in [-0.3, -0.25) is 9.48 Å². The van der Waals surface area contributed by atoms with Crippen molar-refractivity contribution in [3.63, 3.8) is 0 Å². The van der Waals surface area contributed by atoms with E-state index in [1.165, 1.54) is 11.8 Å². The number of benzene rings is 1. The molecule has 3 aromatic rings. The van der Waals surface area contributed by atoms with Gasteiger partial charge in [0.1, 0.15) is 10.8 Å². The maximum atomic E-state index is 11.7. The van der Waals surface area contributed by atoms with Gasteiger partial charge in [0, 0.05) is 62.7 Å². The van der Waals surface area contributed by atoms with Crippen molar-refractivity contribution in [2.75, 3.05) is 31.1 Å². The number of nitrogens with zero attached hydrogens (tertiary/aromatic N) is 6. The van der Waals surface area contributed by atoms with Crippen LogP contribution in [0.5, 0.6) is 0 Å². The highest BCUT2D eigenvalue weighted by Crippen LogP contribution is 2.41. The first kappa shape index (κ1) is 22.4. The molecule has 0 radical (unpaired) electrons. The molecule has 2 aliphatic heterocycles. The maximum Gasteiger partial charge on any atom is 0.219 e. The summed E-state index contributed by atoms with van der Waals surface area (Å²) in [5.74, 6) is 1.00. The zero-order valence-corrected chi connectivity index (χ0v) is 20.4. The summed E-state index contributed by atoms with van der Waals surface area (Å²) in [6.07, 6.45) is 8.58. The summed E-state index contributed by atoms with van der Waals surface area (Å²) in [7, 11) is 1.89. The van der Waals surface area contributed by atoms with Gasteiger partial charge in [-0.1, -0.05) is 23.4 Å². The number of carbonyl (C=O) groups excluding carboxylic acids is 1. The third-order valence-electron chi connectivity index (χ3n) is 7.14. The molecule has 33 heavy (non-hydrogen) atoms. The fourth-order valence-electron chi connectivity index (χ4n) is 5.03. The molecule has 2 aromatic heterocycles. The first-order chi connectivity index (χ1) is 15.8. The average Bonchev–Trinajstić information content (AvgIpc) is 3.20. The van der Waals surface area contributed by atoms with Crippen LogP contribution < -0.4 is 10.6 Å². The second kappa shape index (κ2) is 8.77. The van der Waals surface area contributed by atoms with E-state index in [4.69, 9.17) is 17.3 Å². The van der Waals surface area contributed by atoms with E-state index in [0.29, 0.717) is 11.6 Å². The lowest BCUT2D eigenvalue weighted by Crippen LogP contribution is -2.59. The standard InChI is InChI=1S/C23H28ClN7OS/c1-15(32)31-10-7-23(19(25)14-31)5-8-30(9-6-23)20-11-27-21(12-26-20)33-18-4-3-17-16(22(18)24)13-29(2)28-17/h3-4,11-13,19H,5-10,14,25H2,1-2H3/t19-/m1/s1. The number of hydrogen-bond donors (Lipinski definition) is 1. The Balaban J connectivity index is 1.23. The van der Waals surface area contributed by atoms with Crippen molar-refractivity contribution < 1.29 is 4.79 Å². The van der Waals surface area contributed by atoms with Gasteiger partial charge in [0.25, 0.3) is 0 Å². The van der Waals surface area contributed by atoms with E-state index in [-0.39, 0.29) is 17.4 Å². The Bertz CT molecular complexity index is 1170. The SMILES string of the molecule is CC(=O)N1CCC2(CCN(c3cnc(Sc4ccc5nn(C)cc5c4Cl)cn3)CC2)[C@H](N)C1. The maximum absolute atomic E-state index is 11.7. The van der Waals surface area contributed by atoms with Crippen molar-refractivity contribution in [2.45, 2.75) is 42.1 Å². The van der Waals surface area contributed by atoms with E-state index in [2.05, 4.69) is 20.0 Å². The molecule has 0 unspecified atom stereocenters. The Morgan fingerprint density at radius 1 is 1.18 bits per heavy atom. The lowest BCUT2D eigenvalue weighted by Gasteiger charge is -2.50. The van der Waals surface area contributed by atoms with Gasteiger partial charge >= 0.3 is 0 Å². The molecular formula is C23H28ClN7OS. The fourth-order valence-corrected chi connectivity index (χ4v) is 6.12. The minimum atomic E-state index is 0.0315. The Morgan fingerprint density at radius 3 is 2.61 bits per heavy atom. The average molecular weight is 486 g/mol. The monoisotopic (exact) mass is 485 g/mol. The third-order valence-corrected chi connectivity index (χ3v) is 8.64. The topological polar surface area (TPSA) is 93.2 Å². The number of piperidine rings is 2. The zero-order chi connectivity index (χ0) is 23.2. The summed E-state index contributed by atoms with van der Waals surface area (Å²) in [6, 6.07) is 3.98.